The van der Waals surface area contributed by atoms with Crippen molar-refractivity contribution in [1.29, 1.82) is 0 Å². The Labute approximate surface area is 108 Å². The highest BCUT2D eigenvalue weighted by Crippen LogP contribution is 2.17. The quantitative estimate of drug-likeness (QED) is 0.726. The molecule has 0 aromatic heterocycles. The Morgan fingerprint density at radius 3 is 2.39 bits per heavy atom. The third-order valence-electron chi connectivity index (χ3n) is 4.14. The minimum Gasteiger partial charge on any atom is -0.353 e. The Morgan fingerprint density at radius 2 is 1.89 bits per heavy atom. The number of hydrogen-bond acceptors (Lipinski definition) is 3. The van der Waals surface area contributed by atoms with Crippen LogP contribution in [-0.2, 0) is 9.59 Å². The molecule has 2 saturated heterocycles. The molecular formula is C13H23N3O2. The summed E-state index contributed by atoms with van der Waals surface area (Å²) in [5, 5.41) is 6.38. The summed E-state index contributed by atoms with van der Waals surface area (Å²) in [7, 11) is 0. The number of likely N-dealkylation sites (tertiary alicyclic amines) is 1. The molecule has 0 saturated carbocycles. The van der Waals surface area contributed by atoms with Crippen molar-refractivity contribution >= 4 is 11.8 Å². The van der Waals surface area contributed by atoms with Gasteiger partial charge >= 0.3 is 0 Å². The van der Waals surface area contributed by atoms with E-state index in [-0.39, 0.29) is 23.8 Å². The second kappa shape index (κ2) is 5.69. The van der Waals surface area contributed by atoms with Crippen molar-refractivity contribution in [3.8, 4) is 0 Å². The molecule has 2 heterocycles. The number of piperidine rings is 1. The van der Waals surface area contributed by atoms with E-state index in [9.17, 15) is 9.59 Å². The number of hydrogen-bond donors (Lipinski definition) is 2. The number of carbonyl (C=O) groups excluding carboxylic acids is 2. The maximum Gasteiger partial charge on any atom is 0.224 e. The standard InChI is InChI=1S/C13H23N3O2/c1-9-7-14-8-12(9)13(18)15-11-3-5-16(6-4-11)10(2)17/h9,11-12,14H,3-8H2,1-2H3,(H,15,18)/t9-,12-/m1/s1. The molecule has 2 aliphatic heterocycles. The second-order valence-corrected chi connectivity index (χ2v) is 5.53. The lowest BCUT2D eigenvalue weighted by Crippen LogP contribution is -2.48. The molecule has 0 aromatic rings. The van der Waals surface area contributed by atoms with Gasteiger partial charge in [-0.15, -0.1) is 0 Å². The molecule has 2 rings (SSSR count). The molecule has 5 nitrogen and oxygen atoms in total. The van der Waals surface area contributed by atoms with E-state index in [0.29, 0.717) is 5.92 Å². The van der Waals surface area contributed by atoms with Gasteiger partial charge in [-0.3, -0.25) is 9.59 Å². The molecule has 0 spiro atoms. The Kier molecular flexibility index (Phi) is 4.22. The Bertz CT molecular complexity index is 324. The summed E-state index contributed by atoms with van der Waals surface area (Å²) in [6.07, 6.45) is 1.75. The predicted octanol–water partition coefficient (Wildman–Crippen LogP) is -0.0310. The van der Waals surface area contributed by atoms with Gasteiger partial charge in [-0.05, 0) is 25.3 Å². The first-order chi connectivity index (χ1) is 8.58. The molecule has 2 amide bonds. The summed E-state index contributed by atoms with van der Waals surface area (Å²) in [5.41, 5.74) is 0. The first kappa shape index (κ1) is 13.3. The molecule has 2 atom stereocenters. The minimum absolute atomic E-state index is 0.107. The SMILES string of the molecule is CC(=O)N1CCC(NC(=O)[C@@H]2CNC[C@H]2C)CC1. The Hall–Kier alpha value is -1.10. The zero-order valence-corrected chi connectivity index (χ0v) is 11.2. The van der Waals surface area contributed by atoms with Gasteiger partial charge in [-0.2, -0.15) is 0 Å². The second-order valence-electron chi connectivity index (χ2n) is 5.53. The van der Waals surface area contributed by atoms with E-state index in [4.69, 9.17) is 0 Å². The van der Waals surface area contributed by atoms with E-state index < -0.39 is 0 Å². The summed E-state index contributed by atoms with van der Waals surface area (Å²) in [4.78, 5) is 25.2. The third kappa shape index (κ3) is 3.02. The van der Waals surface area contributed by atoms with Crippen LogP contribution < -0.4 is 10.6 Å². The summed E-state index contributed by atoms with van der Waals surface area (Å²) >= 11 is 0. The largest absolute Gasteiger partial charge is 0.353 e. The Morgan fingerprint density at radius 1 is 1.22 bits per heavy atom. The molecule has 2 fully saturated rings. The lowest BCUT2D eigenvalue weighted by molar-refractivity contribution is -0.130. The lowest BCUT2D eigenvalue weighted by Gasteiger charge is -2.32. The van der Waals surface area contributed by atoms with Crippen LogP contribution in [0.15, 0.2) is 0 Å². The van der Waals surface area contributed by atoms with Crippen molar-refractivity contribution in [1.82, 2.24) is 15.5 Å². The highest BCUT2D eigenvalue weighted by Gasteiger charge is 2.31. The van der Waals surface area contributed by atoms with Crippen LogP contribution in [-0.4, -0.2) is 48.9 Å². The van der Waals surface area contributed by atoms with Crippen LogP contribution in [0.3, 0.4) is 0 Å². The van der Waals surface area contributed by atoms with Gasteiger partial charge in [0.15, 0.2) is 0 Å². The lowest BCUT2D eigenvalue weighted by atomic mass is 9.96. The van der Waals surface area contributed by atoms with Gasteiger partial charge in [0.1, 0.15) is 0 Å². The number of amides is 2. The molecule has 5 heteroatoms. The van der Waals surface area contributed by atoms with Gasteiger partial charge in [0.2, 0.25) is 11.8 Å². The van der Waals surface area contributed by atoms with E-state index in [1.54, 1.807) is 6.92 Å². The molecule has 102 valence electrons. The summed E-state index contributed by atoms with van der Waals surface area (Å²) in [5.74, 6) is 0.834. The zero-order chi connectivity index (χ0) is 13.1. The number of carbonyl (C=O) groups is 2. The van der Waals surface area contributed by atoms with Crippen LogP contribution in [0.25, 0.3) is 0 Å². The minimum atomic E-state index is 0.107. The number of nitrogens with zero attached hydrogens (tertiary/aromatic N) is 1. The maximum absolute atomic E-state index is 12.1. The predicted molar refractivity (Wildman–Crippen MR) is 68.9 cm³/mol. The molecule has 0 aromatic carbocycles. The highest BCUT2D eigenvalue weighted by atomic mass is 16.2. The molecule has 18 heavy (non-hydrogen) atoms. The van der Waals surface area contributed by atoms with Crippen LogP contribution in [0.1, 0.15) is 26.7 Å². The van der Waals surface area contributed by atoms with Gasteiger partial charge < -0.3 is 15.5 Å². The van der Waals surface area contributed by atoms with Crippen molar-refractivity contribution in [3.63, 3.8) is 0 Å². The van der Waals surface area contributed by atoms with E-state index >= 15 is 0 Å². The van der Waals surface area contributed by atoms with E-state index in [1.165, 1.54) is 0 Å². The van der Waals surface area contributed by atoms with Gasteiger partial charge in [0.25, 0.3) is 0 Å². The topological polar surface area (TPSA) is 61.4 Å². The van der Waals surface area contributed by atoms with E-state index in [0.717, 1.165) is 39.0 Å². The molecule has 0 aliphatic carbocycles. The van der Waals surface area contributed by atoms with E-state index in [2.05, 4.69) is 17.6 Å². The summed E-state index contributed by atoms with van der Waals surface area (Å²) in [6.45, 7) is 6.96. The van der Waals surface area contributed by atoms with Crippen molar-refractivity contribution in [3.05, 3.63) is 0 Å². The molecule has 2 N–H and O–H groups in total. The maximum atomic E-state index is 12.1. The molecule has 0 unspecified atom stereocenters. The average molecular weight is 253 g/mol. The van der Waals surface area contributed by atoms with Crippen molar-refractivity contribution in [2.24, 2.45) is 11.8 Å². The van der Waals surface area contributed by atoms with Crippen LogP contribution >= 0.6 is 0 Å². The normalized spacial score (nSPS) is 29.3. The van der Waals surface area contributed by atoms with Gasteiger partial charge in [0.05, 0.1) is 5.92 Å². The molecule has 2 aliphatic rings. The Balaban J connectivity index is 1.77. The van der Waals surface area contributed by atoms with E-state index in [1.807, 2.05) is 4.90 Å². The van der Waals surface area contributed by atoms with Gasteiger partial charge in [-0.1, -0.05) is 6.92 Å². The first-order valence-electron chi connectivity index (χ1n) is 6.84. The first-order valence-corrected chi connectivity index (χ1v) is 6.84. The monoisotopic (exact) mass is 253 g/mol. The van der Waals surface area contributed by atoms with Gasteiger partial charge in [-0.25, -0.2) is 0 Å². The fraction of sp³-hybridized carbons (Fsp3) is 0.846. The number of rotatable bonds is 2. The van der Waals surface area contributed by atoms with Crippen LogP contribution in [0, 0.1) is 11.8 Å². The average Bonchev–Trinajstić information content (AvgIpc) is 2.76. The van der Waals surface area contributed by atoms with Crippen LogP contribution in [0.5, 0.6) is 0 Å². The summed E-state index contributed by atoms with van der Waals surface area (Å²) in [6, 6.07) is 0.237. The smallest absolute Gasteiger partial charge is 0.224 e. The van der Waals surface area contributed by atoms with Crippen LogP contribution in [0.2, 0.25) is 0 Å². The van der Waals surface area contributed by atoms with Crippen molar-refractivity contribution in [2.45, 2.75) is 32.7 Å². The van der Waals surface area contributed by atoms with Crippen molar-refractivity contribution in [2.75, 3.05) is 26.2 Å². The van der Waals surface area contributed by atoms with Gasteiger partial charge in [0, 0.05) is 32.6 Å². The van der Waals surface area contributed by atoms with Crippen molar-refractivity contribution < 1.29 is 9.59 Å². The zero-order valence-electron chi connectivity index (χ0n) is 11.2. The molecular weight excluding hydrogens is 230 g/mol. The van der Waals surface area contributed by atoms with Crippen LogP contribution in [0.4, 0.5) is 0 Å². The number of nitrogens with one attached hydrogen (secondary N) is 2. The fourth-order valence-corrected chi connectivity index (χ4v) is 2.81. The fourth-order valence-electron chi connectivity index (χ4n) is 2.81. The molecule has 0 radical (unpaired) electrons. The third-order valence-corrected chi connectivity index (χ3v) is 4.14. The highest BCUT2D eigenvalue weighted by molar-refractivity contribution is 5.80. The molecule has 0 bridgehead atoms. The summed E-state index contributed by atoms with van der Waals surface area (Å²) < 4.78 is 0.